The third-order valence-electron chi connectivity index (χ3n) is 3.43. The Morgan fingerprint density at radius 3 is 2.45 bits per heavy atom. The summed E-state index contributed by atoms with van der Waals surface area (Å²) in [6.45, 7) is 1.78. The highest BCUT2D eigenvalue weighted by molar-refractivity contribution is 6.32. The first-order valence-corrected chi connectivity index (χ1v) is 6.69. The minimum atomic E-state index is -4.53. The molecule has 0 spiro atoms. The number of halogens is 5. The van der Waals surface area contributed by atoms with Crippen molar-refractivity contribution in [1.29, 1.82) is 0 Å². The van der Waals surface area contributed by atoms with Crippen molar-refractivity contribution in [2.75, 3.05) is 32.9 Å². The van der Waals surface area contributed by atoms with Gasteiger partial charge in [0.2, 0.25) is 0 Å². The van der Waals surface area contributed by atoms with Crippen molar-refractivity contribution in [3.8, 4) is 0 Å². The van der Waals surface area contributed by atoms with Gasteiger partial charge in [-0.3, -0.25) is 4.90 Å². The van der Waals surface area contributed by atoms with E-state index in [4.69, 9.17) is 11.6 Å². The van der Waals surface area contributed by atoms with Gasteiger partial charge in [0.15, 0.2) is 0 Å². The van der Waals surface area contributed by atoms with E-state index in [1.807, 2.05) is 4.90 Å². The van der Waals surface area contributed by atoms with Crippen LogP contribution in [0.3, 0.4) is 0 Å². The molecule has 0 bridgehead atoms. The van der Waals surface area contributed by atoms with Crippen LogP contribution in [-0.2, 0) is 6.18 Å². The van der Waals surface area contributed by atoms with E-state index < -0.39 is 29.5 Å². The summed E-state index contributed by atoms with van der Waals surface area (Å²) in [6.07, 6.45) is -4.53. The number of benzene rings is 1. The summed E-state index contributed by atoms with van der Waals surface area (Å²) in [5, 5.41) is 2.72. The maximum absolute atomic E-state index is 13.3. The van der Waals surface area contributed by atoms with Gasteiger partial charge in [-0.2, -0.15) is 13.2 Å². The number of hydrogen-bond acceptors (Lipinski definition) is 2. The summed E-state index contributed by atoms with van der Waals surface area (Å²) in [5.41, 5.74) is -0.712. The minimum absolute atomic E-state index is 0.200. The highest BCUT2D eigenvalue weighted by Crippen LogP contribution is 2.39. The molecule has 1 atom stereocenters. The number of nitrogens with one attached hydrogen (secondary N) is 1. The van der Waals surface area contributed by atoms with Crippen LogP contribution in [0.1, 0.15) is 17.2 Å². The van der Waals surface area contributed by atoms with Crippen molar-refractivity contribution in [2.24, 2.45) is 0 Å². The molecule has 1 aliphatic heterocycles. The van der Waals surface area contributed by atoms with Gasteiger partial charge in [-0.25, -0.2) is 4.39 Å². The van der Waals surface area contributed by atoms with Crippen LogP contribution in [0.15, 0.2) is 18.2 Å². The normalized spacial score (nSPS) is 19.1. The number of alkyl halides is 4. The second-order valence-corrected chi connectivity index (χ2v) is 5.04. The van der Waals surface area contributed by atoms with E-state index in [2.05, 4.69) is 5.32 Å². The van der Waals surface area contributed by atoms with E-state index >= 15 is 0 Å². The molecule has 1 aromatic rings. The molecular weight excluding hydrogens is 296 g/mol. The molecule has 1 heterocycles. The van der Waals surface area contributed by atoms with Gasteiger partial charge in [-0.1, -0.05) is 23.7 Å². The Balaban J connectivity index is 2.34. The fourth-order valence-electron chi connectivity index (χ4n) is 2.40. The van der Waals surface area contributed by atoms with E-state index in [0.29, 0.717) is 26.2 Å². The summed E-state index contributed by atoms with van der Waals surface area (Å²) in [6, 6.07) is 2.92. The first-order chi connectivity index (χ1) is 9.45. The van der Waals surface area contributed by atoms with Crippen LogP contribution < -0.4 is 5.32 Å². The number of hydrogen-bond donors (Lipinski definition) is 1. The highest BCUT2D eigenvalue weighted by atomic mass is 35.5. The number of nitrogens with zero attached hydrogens (tertiary/aromatic N) is 1. The molecule has 0 aliphatic carbocycles. The summed E-state index contributed by atoms with van der Waals surface area (Å²) >= 11 is 5.86. The van der Waals surface area contributed by atoms with Crippen molar-refractivity contribution < 1.29 is 17.6 Å². The van der Waals surface area contributed by atoms with Gasteiger partial charge in [-0.05, 0) is 11.6 Å². The van der Waals surface area contributed by atoms with Crippen LogP contribution in [0, 0.1) is 0 Å². The van der Waals surface area contributed by atoms with Crippen molar-refractivity contribution in [1.82, 2.24) is 10.2 Å². The van der Waals surface area contributed by atoms with Gasteiger partial charge < -0.3 is 5.32 Å². The van der Waals surface area contributed by atoms with E-state index in [1.54, 1.807) is 0 Å². The smallest absolute Gasteiger partial charge is 0.314 e. The first kappa shape index (κ1) is 15.5. The Kier molecular flexibility index (Phi) is 4.88. The number of piperazine rings is 1. The highest BCUT2D eigenvalue weighted by Gasteiger charge is 2.35. The van der Waals surface area contributed by atoms with E-state index in [0.717, 1.165) is 6.07 Å². The van der Waals surface area contributed by atoms with Crippen LogP contribution in [0.5, 0.6) is 0 Å². The minimum Gasteiger partial charge on any atom is -0.314 e. The Morgan fingerprint density at radius 2 is 1.90 bits per heavy atom. The standard InChI is InChI=1S/C13H15ClF4N2/c14-12-9(2-1-3-10(12)13(16,17)18)11(8-15)20-6-4-19-5-7-20/h1-3,11,19H,4-8H2/t11-/m1/s1. The van der Waals surface area contributed by atoms with Crippen molar-refractivity contribution in [2.45, 2.75) is 12.2 Å². The molecule has 1 fully saturated rings. The lowest BCUT2D eigenvalue weighted by Crippen LogP contribution is -2.45. The summed E-state index contributed by atoms with van der Waals surface area (Å²) < 4.78 is 51.8. The van der Waals surface area contributed by atoms with E-state index in [9.17, 15) is 17.6 Å². The molecule has 0 radical (unpaired) electrons. The topological polar surface area (TPSA) is 15.3 Å². The SMILES string of the molecule is FC[C@H](c1cccc(C(F)(F)F)c1Cl)N1CCNCC1. The third kappa shape index (κ3) is 3.24. The fraction of sp³-hybridized carbons (Fsp3) is 0.538. The Morgan fingerprint density at radius 1 is 1.25 bits per heavy atom. The lowest BCUT2D eigenvalue weighted by Gasteiger charge is -2.34. The van der Waals surface area contributed by atoms with Gasteiger partial charge in [0.1, 0.15) is 6.67 Å². The van der Waals surface area contributed by atoms with Crippen molar-refractivity contribution in [3.63, 3.8) is 0 Å². The molecule has 0 unspecified atom stereocenters. The molecule has 0 saturated carbocycles. The average molecular weight is 311 g/mol. The van der Waals surface area contributed by atoms with Gasteiger partial charge in [0.05, 0.1) is 16.6 Å². The largest absolute Gasteiger partial charge is 0.417 e. The molecule has 1 aromatic carbocycles. The second kappa shape index (κ2) is 6.28. The predicted molar refractivity (Wildman–Crippen MR) is 69.6 cm³/mol. The Labute approximate surface area is 119 Å². The monoisotopic (exact) mass is 310 g/mol. The lowest BCUT2D eigenvalue weighted by atomic mass is 10.0. The van der Waals surface area contributed by atoms with Gasteiger partial charge in [0, 0.05) is 26.2 Å². The molecule has 2 rings (SSSR count). The van der Waals surface area contributed by atoms with E-state index in [-0.39, 0.29) is 5.56 Å². The Hall–Kier alpha value is -0.850. The van der Waals surface area contributed by atoms with Crippen molar-refractivity contribution >= 4 is 11.6 Å². The van der Waals surface area contributed by atoms with E-state index in [1.165, 1.54) is 12.1 Å². The van der Waals surface area contributed by atoms with Crippen LogP contribution >= 0.6 is 11.6 Å². The predicted octanol–water partition coefficient (Wildman–Crippen LogP) is 3.27. The zero-order valence-electron chi connectivity index (χ0n) is 10.7. The van der Waals surface area contributed by atoms with Crippen LogP contribution in [0.4, 0.5) is 17.6 Å². The molecule has 112 valence electrons. The molecule has 1 aliphatic rings. The van der Waals surface area contributed by atoms with Crippen LogP contribution in [0.25, 0.3) is 0 Å². The summed E-state index contributed by atoms with van der Waals surface area (Å²) in [7, 11) is 0. The molecule has 0 amide bonds. The first-order valence-electron chi connectivity index (χ1n) is 6.31. The van der Waals surface area contributed by atoms with Crippen LogP contribution in [0.2, 0.25) is 5.02 Å². The molecule has 1 saturated heterocycles. The Bertz CT molecular complexity index is 458. The third-order valence-corrected chi connectivity index (χ3v) is 3.85. The number of rotatable bonds is 3. The fourth-order valence-corrected chi connectivity index (χ4v) is 2.76. The zero-order chi connectivity index (χ0) is 14.8. The maximum Gasteiger partial charge on any atom is 0.417 e. The summed E-state index contributed by atoms with van der Waals surface area (Å²) in [5.74, 6) is 0. The van der Waals surface area contributed by atoms with Crippen molar-refractivity contribution in [3.05, 3.63) is 34.3 Å². The molecule has 1 N–H and O–H groups in total. The average Bonchev–Trinajstić information content (AvgIpc) is 2.41. The quantitative estimate of drug-likeness (QED) is 0.862. The molecule has 0 aromatic heterocycles. The van der Waals surface area contributed by atoms with Gasteiger partial charge in [-0.15, -0.1) is 0 Å². The van der Waals surface area contributed by atoms with Crippen LogP contribution in [-0.4, -0.2) is 37.8 Å². The molecule has 7 heteroatoms. The zero-order valence-corrected chi connectivity index (χ0v) is 11.4. The second-order valence-electron chi connectivity index (χ2n) is 4.66. The molecular formula is C13H15ClF4N2. The molecule has 2 nitrogen and oxygen atoms in total. The lowest BCUT2D eigenvalue weighted by molar-refractivity contribution is -0.137. The maximum atomic E-state index is 13.3. The van der Waals surface area contributed by atoms with Gasteiger partial charge in [0.25, 0.3) is 0 Å². The molecule has 20 heavy (non-hydrogen) atoms. The van der Waals surface area contributed by atoms with Gasteiger partial charge >= 0.3 is 6.18 Å². The summed E-state index contributed by atoms with van der Waals surface area (Å²) in [4.78, 5) is 1.82.